The molecule has 1 aromatic carbocycles. The molecule has 0 atom stereocenters. The van der Waals surface area contributed by atoms with Gasteiger partial charge in [-0.15, -0.1) is 0 Å². The van der Waals surface area contributed by atoms with Crippen LogP contribution >= 0.6 is 0 Å². The average Bonchev–Trinajstić information content (AvgIpc) is 2.45. The van der Waals surface area contributed by atoms with Gasteiger partial charge >= 0.3 is 0 Å². The highest BCUT2D eigenvalue weighted by molar-refractivity contribution is 5.77. The van der Waals surface area contributed by atoms with Crippen molar-refractivity contribution in [2.75, 3.05) is 19.7 Å². The Hall–Kier alpha value is -2.15. The van der Waals surface area contributed by atoms with Crippen LogP contribution in [-0.4, -0.2) is 35.4 Å². The van der Waals surface area contributed by atoms with Crippen molar-refractivity contribution in [3.8, 4) is 5.75 Å². The maximum absolute atomic E-state index is 11.8. The number of hydrogen-bond acceptors (Lipinski definition) is 5. The lowest BCUT2D eigenvalue weighted by atomic mass is 10.2. The molecule has 1 rings (SSSR count). The van der Waals surface area contributed by atoms with Gasteiger partial charge in [0.2, 0.25) is 0 Å². The molecule has 0 unspecified atom stereocenters. The Kier molecular flexibility index (Phi) is 5.92. The van der Waals surface area contributed by atoms with Crippen LogP contribution in [0, 0.1) is 10.1 Å². The average molecular weight is 281 g/mol. The molecule has 0 saturated heterocycles. The van der Waals surface area contributed by atoms with Crippen LogP contribution in [0.15, 0.2) is 18.2 Å². The molecule has 1 aromatic rings. The zero-order chi connectivity index (χ0) is 15.1. The van der Waals surface area contributed by atoms with Crippen molar-refractivity contribution in [2.45, 2.75) is 20.4 Å². The molecule has 110 valence electrons. The maximum atomic E-state index is 11.8. The van der Waals surface area contributed by atoms with Crippen molar-refractivity contribution in [1.82, 2.24) is 4.90 Å². The molecule has 0 saturated carbocycles. The molecular weight excluding hydrogens is 262 g/mol. The van der Waals surface area contributed by atoms with Crippen LogP contribution in [0.5, 0.6) is 5.75 Å². The quantitative estimate of drug-likeness (QED) is 0.600. The van der Waals surface area contributed by atoms with Crippen LogP contribution < -0.4 is 10.5 Å². The van der Waals surface area contributed by atoms with Crippen molar-refractivity contribution >= 4 is 11.6 Å². The Bertz CT molecular complexity index is 487. The van der Waals surface area contributed by atoms with E-state index in [0.717, 1.165) is 0 Å². The molecule has 7 heteroatoms. The predicted molar refractivity (Wildman–Crippen MR) is 74.4 cm³/mol. The van der Waals surface area contributed by atoms with E-state index in [1.807, 2.05) is 13.8 Å². The summed E-state index contributed by atoms with van der Waals surface area (Å²) in [7, 11) is 0. The second kappa shape index (κ2) is 7.44. The fourth-order valence-electron chi connectivity index (χ4n) is 1.79. The van der Waals surface area contributed by atoms with Gasteiger partial charge in [0, 0.05) is 37.3 Å². The van der Waals surface area contributed by atoms with E-state index in [1.165, 1.54) is 18.2 Å². The van der Waals surface area contributed by atoms with E-state index in [-0.39, 0.29) is 24.7 Å². The first kappa shape index (κ1) is 15.9. The Labute approximate surface area is 117 Å². The van der Waals surface area contributed by atoms with Crippen LogP contribution in [0.3, 0.4) is 0 Å². The standard InChI is InChI=1S/C13H19N3O4/c1-3-15(4-2)13(17)9-20-12-6-5-11(16(18)19)7-10(12)8-14/h5-7H,3-4,8-9,14H2,1-2H3. The minimum Gasteiger partial charge on any atom is -0.483 e. The second-order valence-electron chi connectivity index (χ2n) is 4.11. The highest BCUT2D eigenvalue weighted by Crippen LogP contribution is 2.23. The van der Waals surface area contributed by atoms with Gasteiger partial charge < -0.3 is 15.4 Å². The first-order valence-corrected chi connectivity index (χ1v) is 6.41. The van der Waals surface area contributed by atoms with Crippen molar-refractivity contribution in [3.63, 3.8) is 0 Å². The van der Waals surface area contributed by atoms with E-state index in [1.54, 1.807) is 4.90 Å². The van der Waals surface area contributed by atoms with Crippen LogP contribution in [0.1, 0.15) is 19.4 Å². The molecule has 0 radical (unpaired) electrons. The number of nitro groups is 1. The van der Waals surface area contributed by atoms with Crippen molar-refractivity contribution in [2.24, 2.45) is 5.73 Å². The topological polar surface area (TPSA) is 98.7 Å². The predicted octanol–water partition coefficient (Wildman–Crippen LogP) is 1.30. The molecule has 2 N–H and O–H groups in total. The lowest BCUT2D eigenvalue weighted by Crippen LogP contribution is -2.34. The van der Waals surface area contributed by atoms with E-state index in [2.05, 4.69) is 0 Å². The molecule has 1 amide bonds. The molecule has 0 aliphatic carbocycles. The molecule has 0 bridgehead atoms. The maximum Gasteiger partial charge on any atom is 0.270 e. The Morgan fingerprint density at radius 3 is 2.55 bits per heavy atom. The Morgan fingerprint density at radius 1 is 1.40 bits per heavy atom. The highest BCUT2D eigenvalue weighted by atomic mass is 16.6. The number of carbonyl (C=O) groups excluding carboxylic acids is 1. The lowest BCUT2D eigenvalue weighted by molar-refractivity contribution is -0.384. The fraction of sp³-hybridized carbons (Fsp3) is 0.462. The van der Waals surface area contributed by atoms with Crippen LogP contribution in [0.2, 0.25) is 0 Å². The summed E-state index contributed by atoms with van der Waals surface area (Å²) in [4.78, 5) is 23.6. The summed E-state index contributed by atoms with van der Waals surface area (Å²) in [5, 5.41) is 10.7. The number of non-ortho nitro benzene ring substituents is 1. The number of nitrogens with two attached hydrogens (primary N) is 1. The number of nitrogens with zero attached hydrogens (tertiary/aromatic N) is 2. The van der Waals surface area contributed by atoms with Gasteiger partial charge in [0.05, 0.1) is 4.92 Å². The molecule has 0 fully saturated rings. The lowest BCUT2D eigenvalue weighted by Gasteiger charge is -2.19. The Balaban J connectivity index is 2.77. The number of nitro benzene ring substituents is 1. The molecular formula is C13H19N3O4. The number of likely N-dealkylation sites (N-methyl/N-ethyl adjacent to an activating group) is 1. The third-order valence-electron chi connectivity index (χ3n) is 2.94. The van der Waals surface area contributed by atoms with E-state index in [9.17, 15) is 14.9 Å². The second-order valence-corrected chi connectivity index (χ2v) is 4.11. The summed E-state index contributed by atoms with van der Waals surface area (Å²) in [5.74, 6) is 0.273. The summed E-state index contributed by atoms with van der Waals surface area (Å²) in [6.45, 7) is 5.01. The SMILES string of the molecule is CCN(CC)C(=O)COc1ccc([N+](=O)[O-])cc1CN. The molecule has 0 spiro atoms. The zero-order valence-corrected chi connectivity index (χ0v) is 11.7. The number of amides is 1. The highest BCUT2D eigenvalue weighted by Gasteiger charge is 2.14. The summed E-state index contributed by atoms with van der Waals surface area (Å²) in [6, 6.07) is 4.16. The van der Waals surface area contributed by atoms with E-state index < -0.39 is 4.92 Å². The molecule has 20 heavy (non-hydrogen) atoms. The van der Waals surface area contributed by atoms with Crippen molar-refractivity contribution in [1.29, 1.82) is 0 Å². The van der Waals surface area contributed by atoms with Gasteiger partial charge in [-0.2, -0.15) is 0 Å². The van der Waals surface area contributed by atoms with E-state index in [4.69, 9.17) is 10.5 Å². The first-order valence-electron chi connectivity index (χ1n) is 6.41. The summed E-state index contributed by atoms with van der Waals surface area (Å²) in [6.07, 6.45) is 0. The van der Waals surface area contributed by atoms with E-state index >= 15 is 0 Å². The molecule has 0 aliphatic rings. The third kappa shape index (κ3) is 3.92. The first-order chi connectivity index (χ1) is 9.53. The number of rotatable bonds is 7. The van der Waals surface area contributed by atoms with Gasteiger partial charge in [0.25, 0.3) is 11.6 Å². The van der Waals surface area contributed by atoms with Crippen LogP contribution in [-0.2, 0) is 11.3 Å². The summed E-state index contributed by atoms with van der Waals surface area (Å²) < 4.78 is 5.42. The molecule has 0 aliphatic heterocycles. The molecule has 0 heterocycles. The largest absolute Gasteiger partial charge is 0.483 e. The number of ether oxygens (including phenoxy) is 1. The van der Waals surface area contributed by atoms with Gasteiger partial charge in [0.1, 0.15) is 5.75 Å². The van der Waals surface area contributed by atoms with Gasteiger partial charge in [-0.3, -0.25) is 14.9 Å². The monoisotopic (exact) mass is 281 g/mol. The van der Waals surface area contributed by atoms with E-state index in [0.29, 0.717) is 24.4 Å². The summed E-state index contributed by atoms with van der Waals surface area (Å²) in [5.41, 5.74) is 6.00. The van der Waals surface area contributed by atoms with Gasteiger partial charge in [0.15, 0.2) is 6.61 Å². The number of hydrogen-bond donors (Lipinski definition) is 1. The number of carbonyl (C=O) groups is 1. The van der Waals surface area contributed by atoms with Gasteiger partial charge in [-0.25, -0.2) is 0 Å². The summed E-state index contributed by atoms with van der Waals surface area (Å²) >= 11 is 0. The minimum absolute atomic E-state index is 0.0483. The van der Waals surface area contributed by atoms with Crippen LogP contribution in [0.4, 0.5) is 5.69 Å². The smallest absolute Gasteiger partial charge is 0.270 e. The van der Waals surface area contributed by atoms with Gasteiger partial charge in [-0.05, 0) is 19.9 Å². The normalized spacial score (nSPS) is 10.2. The third-order valence-corrected chi connectivity index (χ3v) is 2.94. The molecule has 0 aromatic heterocycles. The van der Waals surface area contributed by atoms with Crippen molar-refractivity contribution < 1.29 is 14.5 Å². The number of benzene rings is 1. The van der Waals surface area contributed by atoms with Crippen LogP contribution in [0.25, 0.3) is 0 Å². The van der Waals surface area contributed by atoms with Gasteiger partial charge in [-0.1, -0.05) is 0 Å². The Morgan fingerprint density at radius 2 is 2.05 bits per heavy atom. The minimum atomic E-state index is -0.496. The zero-order valence-electron chi connectivity index (χ0n) is 11.7. The van der Waals surface area contributed by atoms with Crippen molar-refractivity contribution in [3.05, 3.63) is 33.9 Å². The fourth-order valence-corrected chi connectivity index (χ4v) is 1.79. The molecule has 7 nitrogen and oxygen atoms in total.